The van der Waals surface area contributed by atoms with Gasteiger partial charge in [-0.2, -0.15) is 0 Å². The van der Waals surface area contributed by atoms with E-state index < -0.39 is 6.10 Å². The van der Waals surface area contributed by atoms with Gasteiger partial charge in [0, 0.05) is 6.54 Å². The van der Waals surface area contributed by atoms with Crippen LogP contribution in [-0.4, -0.2) is 36.0 Å². The molecule has 3 heteroatoms. The minimum Gasteiger partial charge on any atom is -0.394 e. The van der Waals surface area contributed by atoms with Gasteiger partial charge in [-0.1, -0.05) is 6.42 Å². The molecule has 2 aliphatic carbocycles. The predicted octanol–water partition coefficient (Wildman–Crippen LogP) is 0.365. The third-order valence-corrected chi connectivity index (χ3v) is 3.88. The van der Waals surface area contributed by atoms with Gasteiger partial charge in [0.05, 0.1) is 12.7 Å². The van der Waals surface area contributed by atoms with Gasteiger partial charge in [-0.25, -0.2) is 0 Å². The van der Waals surface area contributed by atoms with E-state index in [1.165, 1.54) is 25.7 Å². The van der Waals surface area contributed by atoms with Crippen LogP contribution in [0.4, 0.5) is 0 Å². The first-order valence-corrected chi connectivity index (χ1v) is 5.79. The lowest BCUT2D eigenvalue weighted by molar-refractivity contribution is 0.0927. The fourth-order valence-electron chi connectivity index (χ4n) is 3.13. The van der Waals surface area contributed by atoms with Crippen molar-refractivity contribution in [2.45, 2.75) is 31.8 Å². The van der Waals surface area contributed by atoms with Gasteiger partial charge in [0.1, 0.15) is 0 Å². The molecule has 2 fully saturated rings. The van der Waals surface area contributed by atoms with E-state index in [1.807, 2.05) is 0 Å². The van der Waals surface area contributed by atoms with Crippen LogP contribution in [0.5, 0.6) is 0 Å². The van der Waals surface area contributed by atoms with E-state index in [4.69, 9.17) is 10.2 Å². The van der Waals surface area contributed by atoms with E-state index in [0.29, 0.717) is 6.54 Å². The Morgan fingerprint density at radius 2 is 2.14 bits per heavy atom. The van der Waals surface area contributed by atoms with Crippen molar-refractivity contribution in [2.24, 2.45) is 17.8 Å². The second kappa shape index (κ2) is 4.60. The monoisotopic (exact) mass is 199 g/mol. The molecule has 0 aromatic rings. The third-order valence-electron chi connectivity index (χ3n) is 3.88. The summed E-state index contributed by atoms with van der Waals surface area (Å²) in [6.07, 6.45) is 5.09. The molecule has 0 aliphatic heterocycles. The van der Waals surface area contributed by atoms with Crippen molar-refractivity contribution < 1.29 is 10.2 Å². The molecule has 3 N–H and O–H groups in total. The SMILES string of the molecule is OC[C@@H](O)CNCC1CC2CCC1C2. The summed E-state index contributed by atoms with van der Waals surface area (Å²) >= 11 is 0. The summed E-state index contributed by atoms with van der Waals surface area (Å²) in [5.41, 5.74) is 0. The van der Waals surface area contributed by atoms with Crippen LogP contribution in [-0.2, 0) is 0 Å². The van der Waals surface area contributed by atoms with Gasteiger partial charge in [0.15, 0.2) is 0 Å². The number of nitrogens with one attached hydrogen (secondary N) is 1. The number of rotatable bonds is 5. The summed E-state index contributed by atoms with van der Waals surface area (Å²) in [6, 6.07) is 0. The standard InChI is InChI=1S/C11H21NO2/c13-7-11(14)6-12-5-10-4-8-1-2-9(10)3-8/h8-14H,1-7H2/t8?,9?,10?,11-/m0/s1. The van der Waals surface area contributed by atoms with E-state index in [2.05, 4.69) is 5.32 Å². The Morgan fingerprint density at radius 1 is 1.29 bits per heavy atom. The van der Waals surface area contributed by atoms with E-state index in [1.54, 1.807) is 0 Å². The summed E-state index contributed by atoms with van der Waals surface area (Å²) in [4.78, 5) is 0. The van der Waals surface area contributed by atoms with Gasteiger partial charge >= 0.3 is 0 Å². The highest BCUT2D eigenvalue weighted by molar-refractivity contribution is 4.90. The van der Waals surface area contributed by atoms with Crippen molar-refractivity contribution in [2.75, 3.05) is 19.7 Å². The predicted molar refractivity (Wildman–Crippen MR) is 54.9 cm³/mol. The van der Waals surface area contributed by atoms with Crippen molar-refractivity contribution in [1.29, 1.82) is 0 Å². The maximum absolute atomic E-state index is 9.15. The zero-order valence-electron chi connectivity index (χ0n) is 8.65. The zero-order chi connectivity index (χ0) is 9.97. The van der Waals surface area contributed by atoms with Gasteiger partial charge in [-0.3, -0.25) is 0 Å². The van der Waals surface area contributed by atoms with Crippen molar-refractivity contribution in [1.82, 2.24) is 5.32 Å². The Labute approximate surface area is 85.5 Å². The summed E-state index contributed by atoms with van der Waals surface area (Å²) in [5, 5.41) is 21.0. The molecular weight excluding hydrogens is 178 g/mol. The summed E-state index contributed by atoms with van der Waals surface area (Å²) < 4.78 is 0. The fourth-order valence-corrected chi connectivity index (χ4v) is 3.13. The average molecular weight is 199 g/mol. The van der Waals surface area contributed by atoms with Gasteiger partial charge in [0.25, 0.3) is 0 Å². The molecule has 2 saturated carbocycles. The highest BCUT2D eigenvalue weighted by atomic mass is 16.3. The molecule has 2 bridgehead atoms. The van der Waals surface area contributed by atoms with Crippen LogP contribution >= 0.6 is 0 Å². The van der Waals surface area contributed by atoms with Crippen LogP contribution in [0.3, 0.4) is 0 Å². The molecular formula is C11H21NO2. The van der Waals surface area contributed by atoms with Crippen LogP contribution in [0.1, 0.15) is 25.7 Å². The van der Waals surface area contributed by atoms with Crippen molar-refractivity contribution in [3.05, 3.63) is 0 Å². The molecule has 3 nitrogen and oxygen atoms in total. The summed E-state index contributed by atoms with van der Waals surface area (Å²) in [7, 11) is 0. The van der Waals surface area contributed by atoms with Gasteiger partial charge in [-0.05, 0) is 43.6 Å². The lowest BCUT2D eigenvalue weighted by Gasteiger charge is -2.22. The molecule has 0 heterocycles. The number of hydrogen-bond donors (Lipinski definition) is 3. The summed E-state index contributed by atoms with van der Waals surface area (Å²) in [6.45, 7) is 1.42. The lowest BCUT2D eigenvalue weighted by atomic mass is 9.89. The van der Waals surface area contributed by atoms with Crippen LogP contribution in [0.25, 0.3) is 0 Å². The average Bonchev–Trinajstić information content (AvgIpc) is 2.79. The Morgan fingerprint density at radius 3 is 2.71 bits per heavy atom. The molecule has 82 valence electrons. The van der Waals surface area contributed by atoms with Crippen LogP contribution in [0.15, 0.2) is 0 Å². The fraction of sp³-hybridized carbons (Fsp3) is 1.00. The topological polar surface area (TPSA) is 52.5 Å². The molecule has 4 atom stereocenters. The van der Waals surface area contributed by atoms with Gasteiger partial charge < -0.3 is 15.5 Å². The maximum Gasteiger partial charge on any atom is 0.0894 e. The van der Waals surface area contributed by atoms with E-state index in [0.717, 1.165) is 24.3 Å². The van der Waals surface area contributed by atoms with Crippen molar-refractivity contribution in [3.8, 4) is 0 Å². The van der Waals surface area contributed by atoms with Crippen molar-refractivity contribution in [3.63, 3.8) is 0 Å². The number of hydrogen-bond acceptors (Lipinski definition) is 3. The quantitative estimate of drug-likeness (QED) is 0.599. The second-order valence-corrected chi connectivity index (χ2v) is 4.93. The first-order chi connectivity index (χ1) is 6.79. The first-order valence-electron chi connectivity index (χ1n) is 5.79. The van der Waals surface area contributed by atoms with E-state index in [9.17, 15) is 0 Å². The second-order valence-electron chi connectivity index (χ2n) is 4.93. The molecule has 0 spiro atoms. The van der Waals surface area contributed by atoms with E-state index >= 15 is 0 Å². The highest BCUT2D eigenvalue weighted by Crippen LogP contribution is 2.47. The van der Waals surface area contributed by atoms with Crippen LogP contribution in [0, 0.1) is 17.8 Å². The smallest absolute Gasteiger partial charge is 0.0894 e. The molecule has 0 aromatic carbocycles. The van der Waals surface area contributed by atoms with E-state index in [-0.39, 0.29) is 6.61 Å². The molecule has 0 radical (unpaired) electrons. The molecule has 0 amide bonds. The first kappa shape index (κ1) is 10.4. The Hall–Kier alpha value is -0.120. The number of aliphatic hydroxyl groups excluding tert-OH is 2. The minimum absolute atomic E-state index is 0.135. The molecule has 2 aliphatic rings. The third kappa shape index (κ3) is 2.27. The van der Waals surface area contributed by atoms with Gasteiger partial charge in [-0.15, -0.1) is 0 Å². The number of fused-ring (bicyclic) bond motifs is 2. The summed E-state index contributed by atoms with van der Waals surface area (Å²) in [5.74, 6) is 2.77. The maximum atomic E-state index is 9.15. The Bertz CT molecular complexity index is 186. The highest BCUT2D eigenvalue weighted by Gasteiger charge is 2.38. The normalized spacial score (nSPS) is 37.7. The Kier molecular flexibility index (Phi) is 3.42. The molecule has 0 saturated heterocycles. The Balaban J connectivity index is 1.62. The minimum atomic E-state index is -0.589. The number of aliphatic hydroxyl groups is 2. The molecule has 0 aromatic heterocycles. The zero-order valence-corrected chi connectivity index (χ0v) is 8.65. The van der Waals surface area contributed by atoms with Crippen LogP contribution < -0.4 is 5.32 Å². The lowest BCUT2D eigenvalue weighted by Crippen LogP contribution is -2.34. The van der Waals surface area contributed by atoms with Crippen molar-refractivity contribution >= 4 is 0 Å². The molecule has 3 unspecified atom stereocenters. The molecule has 2 rings (SSSR count). The van der Waals surface area contributed by atoms with Gasteiger partial charge in [0.2, 0.25) is 0 Å². The molecule has 14 heavy (non-hydrogen) atoms. The largest absolute Gasteiger partial charge is 0.394 e. The van der Waals surface area contributed by atoms with Crippen LogP contribution in [0.2, 0.25) is 0 Å².